The van der Waals surface area contributed by atoms with Crippen LogP contribution >= 0.6 is 23.4 Å². The van der Waals surface area contributed by atoms with E-state index in [1.54, 1.807) is 11.8 Å². The number of nitrogens with zero attached hydrogens (tertiary/aromatic N) is 2. The molecule has 0 atom stereocenters. The highest BCUT2D eigenvalue weighted by molar-refractivity contribution is 7.98. The molecule has 0 unspecified atom stereocenters. The lowest BCUT2D eigenvalue weighted by molar-refractivity contribution is 1.07. The Kier molecular flexibility index (Phi) is 4.04. The third-order valence-corrected chi connectivity index (χ3v) is 4.95. The van der Waals surface area contributed by atoms with Crippen molar-refractivity contribution in [3.63, 3.8) is 0 Å². The number of fused-ring (bicyclic) bond motifs is 1. The molecule has 0 aliphatic rings. The molecule has 24 heavy (non-hydrogen) atoms. The van der Waals surface area contributed by atoms with Gasteiger partial charge in [-0.1, -0.05) is 35.5 Å². The average molecular weight is 355 g/mol. The summed E-state index contributed by atoms with van der Waals surface area (Å²) in [6.07, 6.45) is 0. The molecule has 0 spiro atoms. The third kappa shape index (κ3) is 3.05. The number of rotatable bonds is 4. The molecule has 0 aliphatic carbocycles. The van der Waals surface area contributed by atoms with Crippen molar-refractivity contribution < 1.29 is 0 Å². The summed E-state index contributed by atoms with van der Waals surface area (Å²) < 4.78 is 0. The zero-order chi connectivity index (χ0) is 16.5. The van der Waals surface area contributed by atoms with Gasteiger partial charge in [0.1, 0.15) is 5.82 Å². The summed E-state index contributed by atoms with van der Waals surface area (Å²) in [7, 11) is 0. The van der Waals surface area contributed by atoms with Gasteiger partial charge in [0.25, 0.3) is 0 Å². The summed E-state index contributed by atoms with van der Waals surface area (Å²) >= 11 is 7.60. The van der Waals surface area contributed by atoms with Gasteiger partial charge in [-0.2, -0.15) is 0 Å². The predicted molar refractivity (Wildman–Crippen MR) is 99.4 cm³/mol. The summed E-state index contributed by atoms with van der Waals surface area (Å²) in [4.78, 5) is 16.0. The van der Waals surface area contributed by atoms with Crippen LogP contribution in [0, 0.1) is 6.92 Å². The van der Waals surface area contributed by atoms with Crippen LogP contribution in [-0.4, -0.2) is 19.9 Å². The summed E-state index contributed by atoms with van der Waals surface area (Å²) in [5.74, 6) is 1.62. The maximum atomic E-state index is 5.94. The lowest BCUT2D eigenvalue weighted by Gasteiger charge is -1.96. The van der Waals surface area contributed by atoms with Crippen molar-refractivity contribution in [2.45, 2.75) is 17.8 Å². The Morgan fingerprint density at radius 3 is 2.58 bits per heavy atom. The highest BCUT2D eigenvalue weighted by Gasteiger charge is 2.10. The molecule has 0 radical (unpaired) electrons. The summed E-state index contributed by atoms with van der Waals surface area (Å²) in [6, 6.07) is 15.7. The Morgan fingerprint density at radius 1 is 1.00 bits per heavy atom. The quantitative estimate of drug-likeness (QED) is 0.495. The fourth-order valence-corrected chi connectivity index (χ4v) is 3.54. The molecule has 0 fully saturated rings. The van der Waals surface area contributed by atoms with Crippen LogP contribution in [0.2, 0.25) is 5.02 Å². The third-order valence-electron chi connectivity index (χ3n) is 3.82. The topological polar surface area (TPSA) is 57.4 Å². The van der Waals surface area contributed by atoms with Gasteiger partial charge in [0.2, 0.25) is 0 Å². The standard InChI is InChI=1S/C18H15ClN4S/c1-11-16(21-17(20-11)12-6-8-13(19)9-7-12)10-24-18-22-14-4-2-3-5-15(14)23-18/h2-9H,10H2,1H3,(H,20,21)(H,22,23). The first kappa shape index (κ1) is 15.3. The number of H-pyrrole nitrogens is 2. The smallest absolute Gasteiger partial charge is 0.166 e. The number of hydrogen-bond acceptors (Lipinski definition) is 3. The van der Waals surface area contributed by atoms with E-state index in [0.29, 0.717) is 0 Å². The number of aromatic nitrogens is 4. The van der Waals surface area contributed by atoms with Gasteiger partial charge in [0.15, 0.2) is 5.16 Å². The van der Waals surface area contributed by atoms with Gasteiger partial charge in [-0.15, -0.1) is 0 Å². The van der Waals surface area contributed by atoms with E-state index in [0.717, 1.165) is 49.7 Å². The number of para-hydroxylation sites is 2. The van der Waals surface area contributed by atoms with Gasteiger partial charge in [0.05, 0.1) is 16.7 Å². The van der Waals surface area contributed by atoms with Crippen LogP contribution < -0.4 is 0 Å². The van der Waals surface area contributed by atoms with Crippen molar-refractivity contribution in [3.8, 4) is 11.4 Å². The molecular formula is C18H15ClN4S. The molecule has 0 amide bonds. The molecule has 2 aromatic heterocycles. The van der Waals surface area contributed by atoms with Crippen molar-refractivity contribution in [3.05, 3.63) is 64.9 Å². The highest BCUT2D eigenvalue weighted by atomic mass is 35.5. The predicted octanol–water partition coefficient (Wildman–Crippen LogP) is 5.21. The zero-order valence-electron chi connectivity index (χ0n) is 13.0. The lowest BCUT2D eigenvalue weighted by Crippen LogP contribution is -1.85. The zero-order valence-corrected chi connectivity index (χ0v) is 14.6. The van der Waals surface area contributed by atoms with E-state index >= 15 is 0 Å². The lowest BCUT2D eigenvalue weighted by atomic mass is 10.2. The Labute approximate surface area is 148 Å². The number of thioether (sulfide) groups is 1. The van der Waals surface area contributed by atoms with Crippen molar-refractivity contribution in [1.29, 1.82) is 0 Å². The van der Waals surface area contributed by atoms with Gasteiger partial charge in [-0.3, -0.25) is 0 Å². The second-order valence-electron chi connectivity index (χ2n) is 5.51. The molecule has 2 aromatic carbocycles. The number of imidazole rings is 2. The normalized spacial score (nSPS) is 11.2. The molecule has 2 N–H and O–H groups in total. The number of aryl methyl sites for hydroxylation is 1. The van der Waals surface area contributed by atoms with E-state index in [9.17, 15) is 0 Å². The Hall–Kier alpha value is -2.24. The molecule has 6 heteroatoms. The maximum absolute atomic E-state index is 5.94. The van der Waals surface area contributed by atoms with Crippen LogP contribution in [0.4, 0.5) is 0 Å². The van der Waals surface area contributed by atoms with Gasteiger partial charge in [-0.05, 0) is 43.3 Å². The molecule has 2 heterocycles. The van der Waals surface area contributed by atoms with Crippen molar-refractivity contribution in [2.75, 3.05) is 0 Å². The van der Waals surface area contributed by atoms with Crippen LogP contribution in [0.3, 0.4) is 0 Å². The van der Waals surface area contributed by atoms with E-state index in [1.807, 2.05) is 55.5 Å². The van der Waals surface area contributed by atoms with Gasteiger partial charge in [0, 0.05) is 22.0 Å². The molecule has 4 aromatic rings. The molecule has 0 bridgehead atoms. The molecule has 4 rings (SSSR count). The van der Waals surface area contributed by atoms with Crippen molar-refractivity contribution >= 4 is 34.4 Å². The fourth-order valence-electron chi connectivity index (χ4n) is 2.52. The van der Waals surface area contributed by atoms with Crippen LogP contribution in [0.25, 0.3) is 22.4 Å². The van der Waals surface area contributed by atoms with E-state index in [4.69, 9.17) is 16.6 Å². The molecule has 120 valence electrons. The van der Waals surface area contributed by atoms with Crippen LogP contribution in [0.15, 0.2) is 53.7 Å². The molecule has 4 nitrogen and oxygen atoms in total. The van der Waals surface area contributed by atoms with Crippen LogP contribution in [0.5, 0.6) is 0 Å². The van der Waals surface area contributed by atoms with Crippen molar-refractivity contribution in [2.24, 2.45) is 0 Å². The second kappa shape index (κ2) is 6.34. The minimum atomic E-state index is 0.725. The number of benzene rings is 2. The van der Waals surface area contributed by atoms with Crippen LogP contribution in [0.1, 0.15) is 11.4 Å². The van der Waals surface area contributed by atoms with E-state index in [1.165, 1.54) is 0 Å². The number of halogens is 1. The monoisotopic (exact) mass is 354 g/mol. The molecule has 0 saturated carbocycles. The van der Waals surface area contributed by atoms with E-state index in [2.05, 4.69) is 15.0 Å². The van der Waals surface area contributed by atoms with Crippen LogP contribution in [-0.2, 0) is 5.75 Å². The average Bonchev–Trinajstić information content (AvgIpc) is 3.16. The van der Waals surface area contributed by atoms with E-state index < -0.39 is 0 Å². The maximum Gasteiger partial charge on any atom is 0.166 e. The van der Waals surface area contributed by atoms with Crippen molar-refractivity contribution in [1.82, 2.24) is 19.9 Å². The number of aromatic amines is 2. The Balaban J connectivity index is 1.53. The first-order chi connectivity index (χ1) is 11.7. The largest absolute Gasteiger partial charge is 0.342 e. The Morgan fingerprint density at radius 2 is 1.79 bits per heavy atom. The molecular weight excluding hydrogens is 340 g/mol. The SMILES string of the molecule is Cc1[nH]c(-c2ccc(Cl)cc2)nc1CSc1nc2ccccc2[nH]1. The van der Waals surface area contributed by atoms with Gasteiger partial charge >= 0.3 is 0 Å². The Bertz CT molecular complexity index is 955. The number of nitrogens with one attached hydrogen (secondary N) is 2. The van der Waals surface area contributed by atoms with Gasteiger partial charge in [-0.25, -0.2) is 9.97 Å². The minimum absolute atomic E-state index is 0.725. The minimum Gasteiger partial charge on any atom is -0.342 e. The summed E-state index contributed by atoms with van der Waals surface area (Å²) in [5.41, 5.74) is 5.18. The highest BCUT2D eigenvalue weighted by Crippen LogP contribution is 2.26. The second-order valence-corrected chi connectivity index (χ2v) is 6.91. The van der Waals surface area contributed by atoms with Gasteiger partial charge < -0.3 is 9.97 Å². The number of hydrogen-bond donors (Lipinski definition) is 2. The first-order valence-corrected chi connectivity index (χ1v) is 8.94. The molecule has 0 aliphatic heterocycles. The summed E-state index contributed by atoms with van der Waals surface area (Å²) in [6.45, 7) is 2.04. The summed E-state index contributed by atoms with van der Waals surface area (Å²) in [5, 5.41) is 1.63. The molecule has 0 saturated heterocycles. The van der Waals surface area contributed by atoms with E-state index in [-0.39, 0.29) is 0 Å². The fraction of sp³-hybridized carbons (Fsp3) is 0.111. The first-order valence-electron chi connectivity index (χ1n) is 7.58.